The lowest BCUT2D eigenvalue weighted by molar-refractivity contribution is -0.120. The Bertz CT molecular complexity index is 980. The lowest BCUT2D eigenvalue weighted by atomic mass is 9.95. The number of nitrogens with one attached hydrogen (secondary N) is 1. The third-order valence-corrected chi connectivity index (χ3v) is 6.22. The predicted octanol–water partition coefficient (Wildman–Crippen LogP) is 4.60. The van der Waals surface area contributed by atoms with Crippen LogP contribution < -0.4 is 14.8 Å². The second-order valence-corrected chi connectivity index (χ2v) is 9.90. The second kappa shape index (κ2) is 10.5. The molecular weight excluding hydrogens is 433 g/mol. The maximum atomic E-state index is 15.0. The number of fused-ring (bicyclic) bond motifs is 1. The maximum absolute atomic E-state index is 15.0. The van der Waals surface area contributed by atoms with Gasteiger partial charge >= 0.3 is 0 Å². The van der Waals surface area contributed by atoms with Crippen LogP contribution in [0.25, 0.3) is 10.2 Å². The summed E-state index contributed by atoms with van der Waals surface area (Å²) in [5.41, 5.74) is -0.134. The molecular formula is C23H30FN3O4S. The Morgan fingerprint density at radius 1 is 1.34 bits per heavy atom. The lowest BCUT2D eigenvalue weighted by Crippen LogP contribution is -2.36. The van der Waals surface area contributed by atoms with Crippen molar-refractivity contribution in [3.63, 3.8) is 0 Å². The average Bonchev–Trinajstić information content (AvgIpc) is 3.17. The van der Waals surface area contributed by atoms with E-state index in [1.54, 1.807) is 26.0 Å². The fourth-order valence-electron chi connectivity index (χ4n) is 3.51. The van der Waals surface area contributed by atoms with Crippen LogP contribution in [-0.2, 0) is 9.53 Å². The molecule has 0 unspecified atom stereocenters. The molecule has 1 atom stereocenters. The average molecular weight is 464 g/mol. The first-order valence-electron chi connectivity index (χ1n) is 10.9. The third kappa shape index (κ3) is 6.53. The molecule has 32 heavy (non-hydrogen) atoms. The number of benzene rings is 1. The minimum atomic E-state index is -0.644. The summed E-state index contributed by atoms with van der Waals surface area (Å²) in [7, 11) is 0. The number of hydrogen-bond donors (Lipinski definition) is 1. The van der Waals surface area contributed by atoms with Crippen molar-refractivity contribution in [1.29, 1.82) is 5.26 Å². The number of ether oxygens (including phenoxy) is 3. The van der Waals surface area contributed by atoms with E-state index < -0.39 is 11.2 Å². The molecule has 2 aromatic rings. The van der Waals surface area contributed by atoms with Crippen LogP contribution in [0.5, 0.6) is 10.9 Å². The number of carbonyl (C=O) groups is 1. The van der Waals surface area contributed by atoms with Crippen LogP contribution in [0, 0.1) is 22.6 Å². The van der Waals surface area contributed by atoms with Crippen molar-refractivity contribution in [2.75, 3.05) is 13.2 Å². The number of halogens is 1. The van der Waals surface area contributed by atoms with Gasteiger partial charge in [0, 0.05) is 13.0 Å². The van der Waals surface area contributed by atoms with E-state index in [0.717, 1.165) is 37.0 Å². The normalized spacial score (nSPS) is 19.9. The van der Waals surface area contributed by atoms with Gasteiger partial charge in [0.1, 0.15) is 6.61 Å². The zero-order valence-corrected chi connectivity index (χ0v) is 19.8. The smallest absolute Gasteiger partial charge is 0.274 e. The quantitative estimate of drug-likeness (QED) is 0.584. The predicted molar refractivity (Wildman–Crippen MR) is 120 cm³/mol. The van der Waals surface area contributed by atoms with E-state index in [9.17, 15) is 4.79 Å². The van der Waals surface area contributed by atoms with Crippen LogP contribution in [-0.4, -0.2) is 42.4 Å². The molecule has 1 aromatic heterocycles. The summed E-state index contributed by atoms with van der Waals surface area (Å²) in [6.45, 7) is 7.61. The molecule has 7 nitrogen and oxygen atoms in total. The molecule has 1 N–H and O–H groups in total. The summed E-state index contributed by atoms with van der Waals surface area (Å²) in [6, 6.07) is 5.48. The number of carbonyl (C=O) groups excluding carboxylic acids is 1. The SMILES string of the molecule is CC(=O)N[C@@H](C)COC1CCC(Oc2ccc3nc(OCC(C)(C)C#N)sc3c2F)CC1. The number of hydrogen-bond acceptors (Lipinski definition) is 7. The largest absolute Gasteiger partial charge is 0.487 e. The van der Waals surface area contributed by atoms with Gasteiger partial charge in [-0.25, -0.2) is 9.37 Å². The van der Waals surface area contributed by atoms with Crippen molar-refractivity contribution in [2.45, 2.75) is 71.6 Å². The molecule has 0 aliphatic heterocycles. The van der Waals surface area contributed by atoms with Crippen LogP contribution in [0.3, 0.4) is 0 Å². The summed E-state index contributed by atoms with van der Waals surface area (Å²) in [4.78, 5) is 15.4. The summed E-state index contributed by atoms with van der Waals surface area (Å²) >= 11 is 1.12. The summed E-state index contributed by atoms with van der Waals surface area (Å²) in [6.07, 6.45) is 3.25. The van der Waals surface area contributed by atoms with Crippen LogP contribution in [0.2, 0.25) is 0 Å². The van der Waals surface area contributed by atoms with Crippen molar-refractivity contribution in [3.05, 3.63) is 17.9 Å². The van der Waals surface area contributed by atoms with Crippen molar-refractivity contribution in [1.82, 2.24) is 10.3 Å². The Kier molecular flexibility index (Phi) is 7.91. The monoisotopic (exact) mass is 463 g/mol. The molecule has 174 valence electrons. The molecule has 1 aliphatic rings. The summed E-state index contributed by atoms with van der Waals surface area (Å²) < 4.78 is 32.9. The first-order valence-corrected chi connectivity index (χ1v) is 11.7. The van der Waals surface area contributed by atoms with Crippen LogP contribution in [0.15, 0.2) is 12.1 Å². The number of aromatic nitrogens is 1. The highest BCUT2D eigenvalue weighted by Crippen LogP contribution is 2.36. The molecule has 9 heteroatoms. The first kappa shape index (κ1) is 24.2. The number of rotatable bonds is 9. The Morgan fingerprint density at radius 2 is 2.03 bits per heavy atom. The van der Waals surface area contributed by atoms with E-state index in [-0.39, 0.29) is 36.5 Å². The van der Waals surface area contributed by atoms with Gasteiger partial charge in [-0.05, 0) is 58.6 Å². The Labute approximate surface area is 191 Å². The molecule has 1 fully saturated rings. The third-order valence-electron chi connectivity index (χ3n) is 5.25. The van der Waals surface area contributed by atoms with E-state index in [4.69, 9.17) is 19.5 Å². The first-order chi connectivity index (χ1) is 15.2. The fourth-order valence-corrected chi connectivity index (χ4v) is 4.36. The Hall–Kier alpha value is -2.44. The highest BCUT2D eigenvalue weighted by molar-refractivity contribution is 7.20. The molecule has 1 amide bonds. The van der Waals surface area contributed by atoms with Crippen molar-refractivity contribution in [2.24, 2.45) is 5.41 Å². The Balaban J connectivity index is 1.54. The van der Waals surface area contributed by atoms with E-state index >= 15 is 4.39 Å². The van der Waals surface area contributed by atoms with Gasteiger partial charge in [0.15, 0.2) is 11.6 Å². The van der Waals surface area contributed by atoms with Gasteiger partial charge in [0.2, 0.25) is 5.91 Å². The second-order valence-electron chi connectivity index (χ2n) is 8.94. The molecule has 0 saturated heterocycles. The Morgan fingerprint density at radius 3 is 2.69 bits per heavy atom. The van der Waals surface area contributed by atoms with E-state index in [1.165, 1.54) is 6.92 Å². The lowest BCUT2D eigenvalue weighted by Gasteiger charge is -2.30. The van der Waals surface area contributed by atoms with E-state index in [1.807, 2.05) is 6.92 Å². The van der Waals surface area contributed by atoms with E-state index in [2.05, 4.69) is 16.4 Å². The van der Waals surface area contributed by atoms with Gasteiger partial charge in [-0.3, -0.25) is 4.79 Å². The highest BCUT2D eigenvalue weighted by atomic mass is 32.1. The van der Waals surface area contributed by atoms with Gasteiger partial charge < -0.3 is 19.5 Å². The van der Waals surface area contributed by atoms with E-state index in [0.29, 0.717) is 22.0 Å². The van der Waals surface area contributed by atoms with Crippen molar-refractivity contribution < 1.29 is 23.4 Å². The molecule has 0 radical (unpaired) electrons. The van der Waals surface area contributed by atoms with Gasteiger partial charge in [-0.1, -0.05) is 11.3 Å². The van der Waals surface area contributed by atoms with Crippen molar-refractivity contribution in [3.8, 4) is 17.0 Å². The van der Waals surface area contributed by atoms with Crippen LogP contribution in [0.4, 0.5) is 4.39 Å². The highest BCUT2D eigenvalue weighted by Gasteiger charge is 2.25. The topological polar surface area (TPSA) is 93.5 Å². The van der Waals surface area contributed by atoms with Gasteiger partial charge in [0.05, 0.1) is 40.5 Å². The minimum absolute atomic E-state index is 0.0263. The molecule has 0 bridgehead atoms. The standard InChI is InChI=1S/C23H30FN3O4S/c1-14(26-15(2)28)11-29-16-5-7-17(8-6-16)31-19-10-9-18-21(20(19)24)32-22(27-18)30-13-23(3,4)12-25/h9-10,14,16-17H,5-8,11,13H2,1-4H3,(H,26,28)/t14-,16?,17?/m0/s1. The summed E-state index contributed by atoms with van der Waals surface area (Å²) in [5, 5.41) is 12.2. The van der Waals surface area contributed by atoms with Crippen molar-refractivity contribution >= 4 is 27.5 Å². The molecule has 0 spiro atoms. The number of nitrogens with zero attached hydrogens (tertiary/aromatic N) is 2. The molecule has 1 aliphatic carbocycles. The zero-order valence-electron chi connectivity index (χ0n) is 18.9. The van der Waals surface area contributed by atoms with Crippen LogP contribution >= 0.6 is 11.3 Å². The number of amides is 1. The number of thiazole rings is 1. The summed E-state index contributed by atoms with van der Waals surface area (Å²) in [5.74, 6) is -0.284. The zero-order chi connectivity index (χ0) is 23.3. The fraction of sp³-hybridized carbons (Fsp3) is 0.609. The van der Waals surface area contributed by atoms with Gasteiger partial charge in [-0.15, -0.1) is 0 Å². The molecule has 3 rings (SSSR count). The molecule has 1 aromatic carbocycles. The molecule has 1 heterocycles. The van der Waals surface area contributed by atoms with Gasteiger partial charge in [0.25, 0.3) is 5.19 Å². The molecule has 1 saturated carbocycles. The van der Waals surface area contributed by atoms with Crippen LogP contribution in [0.1, 0.15) is 53.4 Å². The van der Waals surface area contributed by atoms with Gasteiger partial charge in [-0.2, -0.15) is 5.26 Å². The number of nitriles is 1. The maximum Gasteiger partial charge on any atom is 0.274 e. The minimum Gasteiger partial charge on any atom is -0.487 e.